The molecule has 1 amide bonds. The van der Waals surface area contributed by atoms with Gasteiger partial charge < -0.3 is 10.2 Å². The number of thiophene rings is 1. The summed E-state index contributed by atoms with van der Waals surface area (Å²) in [6, 6.07) is 7.15. The van der Waals surface area contributed by atoms with E-state index in [1.165, 1.54) is 6.07 Å². The molecule has 0 spiro atoms. The van der Waals surface area contributed by atoms with Crippen molar-refractivity contribution in [2.24, 2.45) is 0 Å². The SMILES string of the molecule is O=C(c1cccnc1)N1CCC(Nc2nc(-c3ccsc3)cc(=O)[nH]2)CC1. The van der Waals surface area contributed by atoms with Gasteiger partial charge in [0.25, 0.3) is 11.5 Å². The Balaban J connectivity index is 1.40. The highest BCUT2D eigenvalue weighted by atomic mass is 32.1. The number of anilines is 1. The number of H-pyrrole nitrogens is 1. The van der Waals surface area contributed by atoms with Crippen LogP contribution in [0.3, 0.4) is 0 Å². The summed E-state index contributed by atoms with van der Waals surface area (Å²) in [6.07, 6.45) is 4.83. The third-order valence-electron chi connectivity index (χ3n) is 4.59. The molecule has 4 rings (SSSR count). The fraction of sp³-hybridized carbons (Fsp3) is 0.263. The lowest BCUT2D eigenvalue weighted by Gasteiger charge is -2.32. The average Bonchev–Trinajstić information content (AvgIpc) is 3.23. The van der Waals surface area contributed by atoms with Gasteiger partial charge in [0.1, 0.15) is 0 Å². The summed E-state index contributed by atoms with van der Waals surface area (Å²) in [6.45, 7) is 1.31. The van der Waals surface area contributed by atoms with Crippen LogP contribution in [0.25, 0.3) is 11.3 Å². The van der Waals surface area contributed by atoms with Gasteiger partial charge in [-0.05, 0) is 36.4 Å². The first-order chi connectivity index (χ1) is 13.2. The maximum absolute atomic E-state index is 12.5. The van der Waals surface area contributed by atoms with Crippen molar-refractivity contribution in [1.82, 2.24) is 19.9 Å². The monoisotopic (exact) mass is 381 g/mol. The summed E-state index contributed by atoms with van der Waals surface area (Å²) in [5.41, 5.74) is 2.02. The van der Waals surface area contributed by atoms with Gasteiger partial charge in [-0.25, -0.2) is 4.98 Å². The Morgan fingerprint density at radius 2 is 2.15 bits per heavy atom. The van der Waals surface area contributed by atoms with Crippen molar-refractivity contribution in [3.8, 4) is 11.3 Å². The van der Waals surface area contributed by atoms with Gasteiger partial charge in [-0.2, -0.15) is 11.3 Å². The van der Waals surface area contributed by atoms with Gasteiger partial charge >= 0.3 is 0 Å². The molecule has 0 atom stereocenters. The number of likely N-dealkylation sites (tertiary alicyclic amines) is 1. The highest BCUT2D eigenvalue weighted by Crippen LogP contribution is 2.21. The van der Waals surface area contributed by atoms with Crippen molar-refractivity contribution < 1.29 is 4.79 Å². The second-order valence-corrected chi connectivity index (χ2v) is 7.22. The predicted molar refractivity (Wildman–Crippen MR) is 105 cm³/mol. The Kier molecular flexibility index (Phi) is 4.97. The number of amides is 1. The molecule has 1 fully saturated rings. The molecule has 27 heavy (non-hydrogen) atoms. The maximum atomic E-state index is 12.5. The quantitative estimate of drug-likeness (QED) is 0.725. The summed E-state index contributed by atoms with van der Waals surface area (Å²) in [7, 11) is 0. The number of nitrogens with zero attached hydrogens (tertiary/aromatic N) is 3. The van der Waals surface area contributed by atoms with Crippen LogP contribution in [-0.2, 0) is 0 Å². The molecule has 3 aromatic heterocycles. The number of rotatable bonds is 4. The topological polar surface area (TPSA) is 91.0 Å². The minimum atomic E-state index is -0.183. The first kappa shape index (κ1) is 17.4. The molecule has 1 saturated heterocycles. The lowest BCUT2D eigenvalue weighted by Crippen LogP contribution is -2.42. The van der Waals surface area contributed by atoms with Crippen molar-refractivity contribution in [2.75, 3.05) is 18.4 Å². The van der Waals surface area contributed by atoms with Crippen molar-refractivity contribution >= 4 is 23.2 Å². The molecular weight excluding hydrogens is 362 g/mol. The lowest BCUT2D eigenvalue weighted by molar-refractivity contribution is 0.0718. The number of pyridine rings is 1. The first-order valence-corrected chi connectivity index (χ1v) is 9.73. The second-order valence-electron chi connectivity index (χ2n) is 6.44. The Morgan fingerprint density at radius 3 is 2.85 bits per heavy atom. The standard InChI is InChI=1S/C19H19N5O2S/c25-17-10-16(14-5-9-27-12-14)22-19(23-17)21-15-3-7-24(8-4-15)18(26)13-2-1-6-20-11-13/h1-2,5-6,9-12,15H,3-4,7-8H2,(H2,21,22,23,25). The first-order valence-electron chi connectivity index (χ1n) is 8.79. The number of aromatic amines is 1. The average molecular weight is 381 g/mol. The molecule has 8 heteroatoms. The van der Waals surface area contributed by atoms with Gasteiger partial charge in [0.15, 0.2) is 0 Å². The molecule has 0 saturated carbocycles. The molecule has 4 heterocycles. The number of piperidine rings is 1. The number of carbonyl (C=O) groups excluding carboxylic acids is 1. The molecule has 0 aromatic carbocycles. The van der Waals surface area contributed by atoms with E-state index in [4.69, 9.17) is 0 Å². The van der Waals surface area contributed by atoms with E-state index >= 15 is 0 Å². The van der Waals surface area contributed by atoms with E-state index in [9.17, 15) is 9.59 Å². The lowest BCUT2D eigenvalue weighted by atomic mass is 10.0. The summed E-state index contributed by atoms with van der Waals surface area (Å²) < 4.78 is 0. The Morgan fingerprint density at radius 1 is 1.30 bits per heavy atom. The van der Waals surface area contributed by atoms with Gasteiger partial charge in [-0.15, -0.1) is 0 Å². The molecule has 3 aromatic rings. The fourth-order valence-corrected chi connectivity index (χ4v) is 3.83. The summed E-state index contributed by atoms with van der Waals surface area (Å²) >= 11 is 1.57. The Labute approximate surface area is 160 Å². The fourth-order valence-electron chi connectivity index (χ4n) is 3.18. The minimum Gasteiger partial charge on any atom is -0.353 e. The predicted octanol–water partition coefficient (Wildman–Crippen LogP) is 2.61. The van der Waals surface area contributed by atoms with Gasteiger partial charge in [0, 0.05) is 48.5 Å². The molecule has 2 N–H and O–H groups in total. The van der Waals surface area contributed by atoms with Crippen LogP contribution < -0.4 is 10.9 Å². The maximum Gasteiger partial charge on any atom is 0.255 e. The molecule has 1 aliphatic heterocycles. The van der Waals surface area contributed by atoms with Gasteiger partial charge in [-0.3, -0.25) is 19.6 Å². The van der Waals surface area contributed by atoms with Crippen molar-refractivity contribution in [2.45, 2.75) is 18.9 Å². The van der Waals surface area contributed by atoms with Crippen LogP contribution in [-0.4, -0.2) is 44.9 Å². The second kappa shape index (κ2) is 7.71. The number of hydrogen-bond donors (Lipinski definition) is 2. The number of hydrogen-bond acceptors (Lipinski definition) is 6. The van der Waals surface area contributed by atoms with Crippen molar-refractivity contribution in [3.63, 3.8) is 0 Å². The molecule has 0 bridgehead atoms. The Bertz CT molecular complexity index is 963. The number of carbonyl (C=O) groups is 1. The molecule has 1 aliphatic rings. The van der Waals surface area contributed by atoms with E-state index in [1.54, 1.807) is 35.9 Å². The van der Waals surface area contributed by atoms with Crippen LogP contribution in [0, 0.1) is 0 Å². The molecule has 0 aliphatic carbocycles. The van der Waals surface area contributed by atoms with Crippen LogP contribution >= 0.6 is 11.3 Å². The third kappa shape index (κ3) is 4.06. The highest BCUT2D eigenvalue weighted by molar-refractivity contribution is 7.08. The number of nitrogens with one attached hydrogen (secondary N) is 2. The zero-order valence-electron chi connectivity index (χ0n) is 14.6. The molecule has 0 unspecified atom stereocenters. The van der Waals surface area contributed by atoms with Crippen molar-refractivity contribution in [1.29, 1.82) is 0 Å². The van der Waals surface area contributed by atoms with Crippen LogP contribution in [0.2, 0.25) is 0 Å². The van der Waals surface area contributed by atoms with E-state index in [0.29, 0.717) is 30.3 Å². The highest BCUT2D eigenvalue weighted by Gasteiger charge is 2.24. The van der Waals surface area contributed by atoms with Gasteiger partial charge in [0.2, 0.25) is 5.95 Å². The normalized spacial score (nSPS) is 14.9. The van der Waals surface area contributed by atoms with E-state index in [1.807, 2.05) is 21.7 Å². The van der Waals surface area contributed by atoms with E-state index in [-0.39, 0.29) is 17.5 Å². The largest absolute Gasteiger partial charge is 0.353 e. The van der Waals surface area contributed by atoms with Gasteiger partial charge in [0.05, 0.1) is 11.3 Å². The van der Waals surface area contributed by atoms with Crippen molar-refractivity contribution in [3.05, 3.63) is 63.3 Å². The zero-order valence-corrected chi connectivity index (χ0v) is 15.4. The van der Waals surface area contributed by atoms with Crippen LogP contribution in [0.5, 0.6) is 0 Å². The minimum absolute atomic E-state index is 0.00698. The summed E-state index contributed by atoms with van der Waals surface area (Å²) in [5, 5.41) is 7.23. The zero-order chi connectivity index (χ0) is 18.6. The number of aromatic nitrogens is 3. The molecule has 7 nitrogen and oxygen atoms in total. The Hall–Kier alpha value is -3.00. The van der Waals surface area contributed by atoms with Crippen LogP contribution in [0.1, 0.15) is 23.2 Å². The molecular formula is C19H19N5O2S. The van der Waals surface area contributed by atoms with Crippen LogP contribution in [0.15, 0.2) is 52.2 Å². The van der Waals surface area contributed by atoms with Crippen LogP contribution in [0.4, 0.5) is 5.95 Å². The summed E-state index contributed by atoms with van der Waals surface area (Å²) in [4.78, 5) is 37.6. The molecule has 138 valence electrons. The van der Waals surface area contributed by atoms with Gasteiger partial charge in [-0.1, -0.05) is 0 Å². The molecule has 0 radical (unpaired) electrons. The van der Waals surface area contributed by atoms with E-state index < -0.39 is 0 Å². The summed E-state index contributed by atoms with van der Waals surface area (Å²) in [5.74, 6) is 0.480. The van der Waals surface area contributed by atoms with E-state index in [0.717, 1.165) is 18.4 Å². The smallest absolute Gasteiger partial charge is 0.255 e. The van der Waals surface area contributed by atoms with E-state index in [2.05, 4.69) is 20.3 Å². The third-order valence-corrected chi connectivity index (χ3v) is 5.27.